The van der Waals surface area contributed by atoms with Crippen LogP contribution < -0.4 is 10.6 Å². The first kappa shape index (κ1) is 20.4. The second kappa shape index (κ2) is 9.71. The Bertz CT molecular complexity index is 789. The minimum absolute atomic E-state index is 0.0216. The number of halogens is 1. The average Bonchev–Trinajstić information content (AvgIpc) is 3.23. The molecule has 2 amide bonds. The van der Waals surface area contributed by atoms with Crippen molar-refractivity contribution in [2.45, 2.75) is 44.4 Å². The van der Waals surface area contributed by atoms with Crippen LogP contribution in [0, 0.1) is 0 Å². The van der Waals surface area contributed by atoms with Crippen molar-refractivity contribution >= 4 is 23.4 Å². The molecule has 2 N–H and O–H groups in total. The van der Waals surface area contributed by atoms with Crippen LogP contribution >= 0.6 is 11.6 Å². The van der Waals surface area contributed by atoms with Crippen LogP contribution in [0.4, 0.5) is 0 Å². The fourth-order valence-corrected chi connectivity index (χ4v) is 3.44. The first-order valence-electron chi connectivity index (χ1n) is 9.55. The predicted molar refractivity (Wildman–Crippen MR) is 109 cm³/mol. The van der Waals surface area contributed by atoms with Crippen LogP contribution in [0.15, 0.2) is 54.6 Å². The standard InChI is InChI=1S/C22H25ClN2O3/c1-15(20-8-5-13-28-20)24-22(27)19(14-16-6-3-2-4-7-16)25-21(26)17-9-11-18(23)12-10-17/h2-4,6-7,9-12,15,19-20H,5,8,13-14H2,1H3,(H,24,27)(H,25,26)/t15-,19-,20-/m0/s1. The van der Waals surface area contributed by atoms with Crippen molar-refractivity contribution in [2.24, 2.45) is 0 Å². The van der Waals surface area contributed by atoms with Crippen LogP contribution in [0.2, 0.25) is 5.02 Å². The molecule has 0 saturated carbocycles. The number of hydrogen-bond acceptors (Lipinski definition) is 3. The van der Waals surface area contributed by atoms with E-state index < -0.39 is 6.04 Å². The Labute approximate surface area is 170 Å². The zero-order valence-corrected chi connectivity index (χ0v) is 16.6. The van der Waals surface area contributed by atoms with Crippen molar-refractivity contribution in [3.63, 3.8) is 0 Å². The molecule has 3 rings (SSSR count). The van der Waals surface area contributed by atoms with Gasteiger partial charge in [0.1, 0.15) is 6.04 Å². The molecule has 3 atom stereocenters. The highest BCUT2D eigenvalue weighted by Gasteiger charge is 2.28. The predicted octanol–water partition coefficient (Wildman–Crippen LogP) is 3.36. The number of carbonyl (C=O) groups is 2. The molecule has 0 radical (unpaired) electrons. The summed E-state index contributed by atoms with van der Waals surface area (Å²) in [7, 11) is 0. The third kappa shape index (κ3) is 5.57. The van der Waals surface area contributed by atoms with E-state index in [0.29, 0.717) is 17.0 Å². The first-order chi connectivity index (χ1) is 13.5. The van der Waals surface area contributed by atoms with Crippen molar-refractivity contribution in [1.82, 2.24) is 10.6 Å². The van der Waals surface area contributed by atoms with Crippen LogP contribution in [-0.2, 0) is 16.0 Å². The Balaban J connectivity index is 1.71. The van der Waals surface area contributed by atoms with Crippen LogP contribution in [0.25, 0.3) is 0 Å². The number of benzene rings is 2. The van der Waals surface area contributed by atoms with Gasteiger partial charge in [0.05, 0.1) is 12.1 Å². The van der Waals surface area contributed by atoms with Gasteiger partial charge in [0.25, 0.3) is 5.91 Å². The summed E-state index contributed by atoms with van der Waals surface area (Å²) in [5.41, 5.74) is 1.44. The maximum atomic E-state index is 12.9. The molecule has 1 aliphatic rings. The molecule has 1 aliphatic heterocycles. The van der Waals surface area contributed by atoms with E-state index in [1.165, 1.54) is 0 Å². The minimum atomic E-state index is -0.686. The van der Waals surface area contributed by atoms with Gasteiger partial charge in [0.2, 0.25) is 5.91 Å². The van der Waals surface area contributed by atoms with Crippen molar-refractivity contribution in [2.75, 3.05) is 6.61 Å². The van der Waals surface area contributed by atoms with Crippen molar-refractivity contribution < 1.29 is 14.3 Å². The topological polar surface area (TPSA) is 67.4 Å². The van der Waals surface area contributed by atoms with Gasteiger partial charge < -0.3 is 15.4 Å². The molecular formula is C22H25ClN2O3. The molecule has 0 aliphatic carbocycles. The number of nitrogens with one attached hydrogen (secondary N) is 2. The maximum absolute atomic E-state index is 12.9. The first-order valence-corrected chi connectivity index (χ1v) is 9.93. The van der Waals surface area contributed by atoms with Crippen molar-refractivity contribution in [1.29, 1.82) is 0 Å². The molecule has 6 heteroatoms. The number of rotatable bonds is 7. The van der Waals surface area contributed by atoms with Crippen LogP contribution in [0.3, 0.4) is 0 Å². The Morgan fingerprint density at radius 3 is 2.46 bits per heavy atom. The van der Waals surface area contributed by atoms with E-state index in [4.69, 9.17) is 16.3 Å². The van der Waals surface area contributed by atoms with Gasteiger partial charge in [0, 0.05) is 23.6 Å². The zero-order chi connectivity index (χ0) is 19.9. The van der Waals surface area contributed by atoms with E-state index in [2.05, 4.69) is 10.6 Å². The molecular weight excluding hydrogens is 376 g/mol. The van der Waals surface area contributed by atoms with E-state index in [1.54, 1.807) is 24.3 Å². The normalized spacial score (nSPS) is 18.3. The van der Waals surface area contributed by atoms with E-state index in [0.717, 1.165) is 25.0 Å². The second-order valence-electron chi connectivity index (χ2n) is 7.07. The Morgan fingerprint density at radius 2 is 1.82 bits per heavy atom. The summed E-state index contributed by atoms with van der Waals surface area (Å²) in [6.45, 7) is 2.67. The fourth-order valence-electron chi connectivity index (χ4n) is 3.32. The van der Waals surface area contributed by atoms with E-state index in [1.807, 2.05) is 37.3 Å². The average molecular weight is 401 g/mol. The fraction of sp³-hybridized carbons (Fsp3) is 0.364. The summed E-state index contributed by atoms with van der Waals surface area (Å²) in [4.78, 5) is 25.6. The van der Waals surface area contributed by atoms with Crippen molar-refractivity contribution in [3.8, 4) is 0 Å². The minimum Gasteiger partial charge on any atom is -0.376 e. The number of ether oxygens (including phenoxy) is 1. The molecule has 28 heavy (non-hydrogen) atoms. The Morgan fingerprint density at radius 1 is 1.11 bits per heavy atom. The largest absolute Gasteiger partial charge is 0.376 e. The van der Waals surface area contributed by atoms with Gasteiger partial charge in [0.15, 0.2) is 0 Å². The Hall–Kier alpha value is -2.37. The van der Waals surface area contributed by atoms with Gasteiger partial charge in [-0.3, -0.25) is 9.59 Å². The van der Waals surface area contributed by atoms with Crippen LogP contribution in [0.1, 0.15) is 35.7 Å². The molecule has 148 valence electrons. The molecule has 1 heterocycles. The zero-order valence-electron chi connectivity index (χ0n) is 15.9. The Kier molecular flexibility index (Phi) is 7.06. The third-order valence-corrected chi connectivity index (χ3v) is 5.16. The number of amides is 2. The third-order valence-electron chi connectivity index (χ3n) is 4.90. The summed E-state index contributed by atoms with van der Waals surface area (Å²) >= 11 is 5.89. The highest BCUT2D eigenvalue weighted by atomic mass is 35.5. The molecule has 0 aromatic heterocycles. The highest BCUT2D eigenvalue weighted by Crippen LogP contribution is 2.16. The molecule has 2 aromatic carbocycles. The maximum Gasteiger partial charge on any atom is 0.251 e. The van der Waals surface area contributed by atoms with E-state index in [-0.39, 0.29) is 24.0 Å². The summed E-state index contributed by atoms with van der Waals surface area (Å²) in [5, 5.41) is 6.43. The lowest BCUT2D eigenvalue weighted by atomic mass is 10.0. The summed E-state index contributed by atoms with van der Waals surface area (Å²) in [6.07, 6.45) is 2.37. The van der Waals surface area contributed by atoms with Gasteiger partial charge in [-0.25, -0.2) is 0 Å². The second-order valence-corrected chi connectivity index (χ2v) is 7.51. The van der Waals surface area contributed by atoms with Gasteiger partial charge in [-0.2, -0.15) is 0 Å². The molecule has 5 nitrogen and oxygen atoms in total. The quantitative estimate of drug-likeness (QED) is 0.748. The summed E-state index contributed by atoms with van der Waals surface area (Å²) in [6, 6.07) is 15.4. The molecule has 2 aromatic rings. The lowest BCUT2D eigenvalue weighted by Gasteiger charge is -2.24. The summed E-state index contributed by atoms with van der Waals surface area (Å²) in [5.74, 6) is -0.522. The van der Waals surface area contributed by atoms with Crippen LogP contribution in [-0.4, -0.2) is 36.6 Å². The van der Waals surface area contributed by atoms with Crippen LogP contribution in [0.5, 0.6) is 0 Å². The SMILES string of the molecule is C[C@H](NC(=O)[C@H](Cc1ccccc1)NC(=O)c1ccc(Cl)cc1)[C@@H]1CCCO1. The summed E-state index contributed by atoms with van der Waals surface area (Å²) < 4.78 is 5.66. The lowest BCUT2D eigenvalue weighted by Crippen LogP contribution is -2.52. The monoisotopic (exact) mass is 400 g/mol. The lowest BCUT2D eigenvalue weighted by molar-refractivity contribution is -0.124. The van der Waals surface area contributed by atoms with Gasteiger partial charge in [-0.05, 0) is 49.6 Å². The van der Waals surface area contributed by atoms with E-state index >= 15 is 0 Å². The molecule has 0 bridgehead atoms. The van der Waals surface area contributed by atoms with Crippen molar-refractivity contribution in [3.05, 3.63) is 70.7 Å². The van der Waals surface area contributed by atoms with Gasteiger partial charge in [-0.1, -0.05) is 41.9 Å². The molecule has 1 fully saturated rings. The number of hydrogen-bond donors (Lipinski definition) is 2. The van der Waals surface area contributed by atoms with E-state index in [9.17, 15) is 9.59 Å². The molecule has 0 unspecified atom stereocenters. The molecule has 0 spiro atoms. The van der Waals surface area contributed by atoms with Gasteiger partial charge >= 0.3 is 0 Å². The highest BCUT2D eigenvalue weighted by molar-refractivity contribution is 6.30. The van der Waals surface area contributed by atoms with Gasteiger partial charge in [-0.15, -0.1) is 0 Å². The number of carbonyl (C=O) groups excluding carboxylic acids is 2. The molecule has 1 saturated heterocycles. The smallest absolute Gasteiger partial charge is 0.251 e.